The first-order valence-corrected chi connectivity index (χ1v) is 8.34. The molecule has 0 unspecified atom stereocenters. The number of hydrogen-bond acceptors (Lipinski definition) is 1. The van der Waals surface area contributed by atoms with E-state index >= 15 is 0 Å². The molecule has 0 heterocycles. The Morgan fingerprint density at radius 3 is 2.50 bits per heavy atom. The largest absolute Gasteiger partial charge is 0.396 e. The number of rotatable bonds is 6. The summed E-state index contributed by atoms with van der Waals surface area (Å²) >= 11 is 0. The monoisotopic (exact) mass is 274 g/mol. The fourth-order valence-electron chi connectivity index (χ4n) is 3.67. The van der Waals surface area contributed by atoms with Crippen molar-refractivity contribution in [2.45, 2.75) is 65.2 Å². The van der Waals surface area contributed by atoms with E-state index in [2.05, 4.69) is 38.1 Å². The maximum atomic E-state index is 9.96. The van der Waals surface area contributed by atoms with Gasteiger partial charge in [-0.15, -0.1) is 0 Å². The highest BCUT2D eigenvalue weighted by molar-refractivity contribution is 5.27. The van der Waals surface area contributed by atoms with E-state index in [1.807, 2.05) is 0 Å². The molecule has 112 valence electrons. The van der Waals surface area contributed by atoms with Gasteiger partial charge >= 0.3 is 0 Å². The van der Waals surface area contributed by atoms with Crippen molar-refractivity contribution in [2.75, 3.05) is 6.61 Å². The van der Waals surface area contributed by atoms with Gasteiger partial charge in [-0.3, -0.25) is 0 Å². The van der Waals surface area contributed by atoms with Gasteiger partial charge in [0, 0.05) is 6.61 Å². The van der Waals surface area contributed by atoms with E-state index in [0.717, 1.165) is 12.3 Å². The van der Waals surface area contributed by atoms with Crippen molar-refractivity contribution in [1.29, 1.82) is 0 Å². The molecule has 0 radical (unpaired) electrons. The molecule has 0 aliphatic heterocycles. The summed E-state index contributed by atoms with van der Waals surface area (Å²) in [5.41, 5.74) is 2.94. The van der Waals surface area contributed by atoms with Gasteiger partial charge in [-0.05, 0) is 61.5 Å². The second kappa shape index (κ2) is 7.26. The summed E-state index contributed by atoms with van der Waals surface area (Å²) in [6, 6.07) is 8.65. The highest BCUT2D eigenvalue weighted by Crippen LogP contribution is 2.42. The second-order valence-electron chi connectivity index (χ2n) is 6.85. The van der Waals surface area contributed by atoms with E-state index in [0.29, 0.717) is 6.61 Å². The summed E-state index contributed by atoms with van der Waals surface area (Å²) in [5, 5.41) is 9.96. The molecule has 1 N–H and O–H groups in total. The van der Waals surface area contributed by atoms with Crippen LogP contribution in [0.4, 0.5) is 0 Å². The quantitative estimate of drug-likeness (QED) is 0.782. The van der Waals surface area contributed by atoms with Crippen LogP contribution in [0.25, 0.3) is 0 Å². The Hall–Kier alpha value is -0.820. The molecule has 0 amide bonds. The van der Waals surface area contributed by atoms with Crippen LogP contribution in [0.2, 0.25) is 0 Å². The second-order valence-corrected chi connectivity index (χ2v) is 6.85. The molecule has 1 aromatic carbocycles. The lowest BCUT2D eigenvalue weighted by molar-refractivity contribution is 0.0619. The SMILES string of the molecule is CCCCC1CCC(CO)(Cc2ccccc2C)CC1. The van der Waals surface area contributed by atoms with Gasteiger partial charge < -0.3 is 5.11 Å². The van der Waals surface area contributed by atoms with Crippen LogP contribution in [0.1, 0.15) is 63.0 Å². The highest BCUT2D eigenvalue weighted by Gasteiger charge is 2.34. The van der Waals surface area contributed by atoms with Gasteiger partial charge in [0.1, 0.15) is 0 Å². The van der Waals surface area contributed by atoms with Crippen molar-refractivity contribution < 1.29 is 5.11 Å². The Morgan fingerprint density at radius 2 is 1.90 bits per heavy atom. The Labute approximate surface area is 124 Å². The number of unbranched alkanes of at least 4 members (excludes halogenated alkanes) is 1. The van der Waals surface area contributed by atoms with Gasteiger partial charge in [0.2, 0.25) is 0 Å². The first kappa shape index (κ1) is 15.6. The third kappa shape index (κ3) is 3.85. The van der Waals surface area contributed by atoms with Crippen LogP contribution in [0.3, 0.4) is 0 Å². The van der Waals surface area contributed by atoms with Gasteiger partial charge in [0.05, 0.1) is 0 Å². The van der Waals surface area contributed by atoms with Crippen LogP contribution < -0.4 is 0 Å². The lowest BCUT2D eigenvalue weighted by Crippen LogP contribution is -2.33. The molecule has 1 aliphatic rings. The maximum Gasteiger partial charge on any atom is 0.0490 e. The van der Waals surface area contributed by atoms with Gasteiger partial charge in [0.15, 0.2) is 0 Å². The van der Waals surface area contributed by atoms with E-state index < -0.39 is 0 Å². The Bertz CT molecular complexity index is 402. The highest BCUT2D eigenvalue weighted by atomic mass is 16.3. The number of aliphatic hydroxyl groups excluding tert-OH is 1. The van der Waals surface area contributed by atoms with Gasteiger partial charge in [-0.1, -0.05) is 50.5 Å². The normalized spacial score (nSPS) is 26.6. The average Bonchev–Trinajstić information content (AvgIpc) is 2.49. The predicted molar refractivity (Wildman–Crippen MR) is 85.9 cm³/mol. The minimum Gasteiger partial charge on any atom is -0.396 e. The molecule has 1 saturated carbocycles. The maximum absolute atomic E-state index is 9.96. The summed E-state index contributed by atoms with van der Waals surface area (Å²) in [7, 11) is 0. The number of hydrogen-bond donors (Lipinski definition) is 1. The molecule has 0 atom stereocenters. The first-order valence-electron chi connectivity index (χ1n) is 8.34. The van der Waals surface area contributed by atoms with Crippen LogP contribution in [-0.4, -0.2) is 11.7 Å². The van der Waals surface area contributed by atoms with Crippen LogP contribution in [0.5, 0.6) is 0 Å². The Kier molecular flexibility index (Phi) is 5.65. The van der Waals surface area contributed by atoms with E-state index in [-0.39, 0.29) is 5.41 Å². The zero-order valence-electron chi connectivity index (χ0n) is 13.2. The van der Waals surface area contributed by atoms with E-state index in [1.54, 1.807) is 0 Å². The van der Waals surface area contributed by atoms with E-state index in [4.69, 9.17) is 0 Å². The molecular formula is C19H30O. The molecule has 1 fully saturated rings. The van der Waals surface area contributed by atoms with E-state index in [1.165, 1.54) is 56.1 Å². The third-order valence-corrected chi connectivity index (χ3v) is 5.29. The molecular weight excluding hydrogens is 244 g/mol. The van der Waals surface area contributed by atoms with Crippen LogP contribution in [-0.2, 0) is 6.42 Å². The number of benzene rings is 1. The molecule has 0 saturated heterocycles. The molecule has 1 heteroatoms. The lowest BCUT2D eigenvalue weighted by Gasteiger charge is -2.39. The fourth-order valence-corrected chi connectivity index (χ4v) is 3.67. The topological polar surface area (TPSA) is 20.2 Å². The first-order chi connectivity index (χ1) is 9.69. The predicted octanol–water partition coefficient (Wildman–Crippen LogP) is 4.90. The van der Waals surface area contributed by atoms with Crippen molar-refractivity contribution in [3.8, 4) is 0 Å². The molecule has 0 spiro atoms. The third-order valence-electron chi connectivity index (χ3n) is 5.29. The molecule has 0 aromatic heterocycles. The van der Waals surface area contributed by atoms with Crippen molar-refractivity contribution in [3.05, 3.63) is 35.4 Å². The molecule has 1 aliphatic carbocycles. The van der Waals surface area contributed by atoms with Crippen molar-refractivity contribution in [1.82, 2.24) is 0 Å². The van der Waals surface area contributed by atoms with Gasteiger partial charge in [0.25, 0.3) is 0 Å². The minimum absolute atomic E-state index is 0.148. The minimum atomic E-state index is 0.148. The lowest BCUT2D eigenvalue weighted by atomic mass is 9.67. The van der Waals surface area contributed by atoms with E-state index in [9.17, 15) is 5.11 Å². The summed E-state index contributed by atoms with van der Waals surface area (Å²) in [6.45, 7) is 4.81. The van der Waals surface area contributed by atoms with Crippen LogP contribution in [0, 0.1) is 18.3 Å². The number of aryl methyl sites for hydroxylation is 1. The Balaban J connectivity index is 1.97. The van der Waals surface area contributed by atoms with Gasteiger partial charge in [-0.2, -0.15) is 0 Å². The zero-order valence-corrected chi connectivity index (χ0v) is 13.2. The average molecular weight is 274 g/mol. The van der Waals surface area contributed by atoms with Gasteiger partial charge in [-0.25, -0.2) is 0 Å². The Morgan fingerprint density at radius 1 is 1.20 bits per heavy atom. The summed E-state index contributed by atoms with van der Waals surface area (Å²) in [4.78, 5) is 0. The molecule has 20 heavy (non-hydrogen) atoms. The summed E-state index contributed by atoms with van der Waals surface area (Å²) < 4.78 is 0. The zero-order chi connectivity index (χ0) is 14.4. The summed E-state index contributed by atoms with van der Waals surface area (Å²) in [5.74, 6) is 0.909. The standard InChI is InChI=1S/C19H30O/c1-3-4-8-17-10-12-19(15-20,13-11-17)14-18-9-6-5-7-16(18)2/h5-7,9,17,20H,3-4,8,10-15H2,1-2H3. The van der Waals surface area contributed by atoms with Crippen molar-refractivity contribution >= 4 is 0 Å². The molecule has 1 aromatic rings. The van der Waals surface area contributed by atoms with Crippen molar-refractivity contribution in [3.63, 3.8) is 0 Å². The molecule has 0 bridgehead atoms. The van der Waals surface area contributed by atoms with Crippen molar-refractivity contribution in [2.24, 2.45) is 11.3 Å². The number of aliphatic hydroxyl groups is 1. The molecule has 2 rings (SSSR count). The summed E-state index contributed by atoms with van der Waals surface area (Å²) in [6.07, 6.45) is 10.1. The molecule has 1 nitrogen and oxygen atoms in total. The smallest absolute Gasteiger partial charge is 0.0490 e. The fraction of sp³-hybridized carbons (Fsp3) is 0.684. The van der Waals surface area contributed by atoms with Crippen LogP contribution >= 0.6 is 0 Å². The van der Waals surface area contributed by atoms with Crippen LogP contribution in [0.15, 0.2) is 24.3 Å².